The Balaban J connectivity index is 1.60. The molecule has 0 saturated heterocycles. The van der Waals surface area contributed by atoms with Crippen molar-refractivity contribution in [2.45, 2.75) is 13.1 Å². The van der Waals surface area contributed by atoms with Gasteiger partial charge in [-0.05, 0) is 22.6 Å². The summed E-state index contributed by atoms with van der Waals surface area (Å²) < 4.78 is 15.0. The SMILES string of the molecule is O=C(Cn1cnnn1)NCc1nc(-c2ccccc2F)cs1. The van der Waals surface area contributed by atoms with Gasteiger partial charge in [-0.3, -0.25) is 4.79 Å². The van der Waals surface area contributed by atoms with Crippen LogP contribution in [0.4, 0.5) is 4.39 Å². The molecule has 2 heterocycles. The van der Waals surface area contributed by atoms with Crippen LogP contribution in [0.25, 0.3) is 11.3 Å². The lowest BCUT2D eigenvalue weighted by Gasteiger charge is -2.02. The number of amides is 1. The number of rotatable bonds is 5. The zero-order valence-electron chi connectivity index (χ0n) is 11.3. The average molecular weight is 318 g/mol. The molecule has 0 fully saturated rings. The Labute approximate surface area is 128 Å². The summed E-state index contributed by atoms with van der Waals surface area (Å²) in [6.45, 7) is 0.318. The van der Waals surface area contributed by atoms with Crippen LogP contribution < -0.4 is 5.32 Å². The van der Waals surface area contributed by atoms with Gasteiger partial charge in [0.2, 0.25) is 5.91 Å². The maximum Gasteiger partial charge on any atom is 0.242 e. The Morgan fingerprint density at radius 1 is 1.36 bits per heavy atom. The largest absolute Gasteiger partial charge is 0.348 e. The molecule has 3 rings (SSSR count). The van der Waals surface area contributed by atoms with Crippen LogP contribution >= 0.6 is 11.3 Å². The first-order valence-electron chi connectivity index (χ1n) is 6.39. The van der Waals surface area contributed by atoms with Gasteiger partial charge in [-0.1, -0.05) is 12.1 Å². The molecular formula is C13H11FN6OS. The van der Waals surface area contributed by atoms with E-state index in [0.717, 1.165) is 0 Å². The number of aromatic nitrogens is 5. The first kappa shape index (κ1) is 14.3. The Morgan fingerprint density at radius 2 is 2.23 bits per heavy atom. The predicted octanol–water partition coefficient (Wildman–Crippen LogP) is 1.25. The van der Waals surface area contributed by atoms with E-state index in [0.29, 0.717) is 16.3 Å². The normalized spacial score (nSPS) is 10.6. The highest BCUT2D eigenvalue weighted by atomic mass is 32.1. The van der Waals surface area contributed by atoms with Crippen LogP contribution in [0.3, 0.4) is 0 Å². The lowest BCUT2D eigenvalue weighted by atomic mass is 10.2. The number of hydrogen-bond acceptors (Lipinski definition) is 6. The third-order valence-corrected chi connectivity index (χ3v) is 3.68. The van der Waals surface area contributed by atoms with Crippen molar-refractivity contribution in [2.24, 2.45) is 0 Å². The van der Waals surface area contributed by atoms with Gasteiger partial charge in [0, 0.05) is 10.9 Å². The van der Waals surface area contributed by atoms with Crippen LogP contribution in [0.2, 0.25) is 0 Å². The van der Waals surface area contributed by atoms with Crippen LogP contribution in [0.15, 0.2) is 36.0 Å². The minimum atomic E-state index is -0.318. The summed E-state index contributed by atoms with van der Waals surface area (Å²) in [5.41, 5.74) is 1.01. The fourth-order valence-corrected chi connectivity index (χ4v) is 2.55. The molecule has 0 aliphatic rings. The molecule has 22 heavy (non-hydrogen) atoms. The van der Waals surface area contributed by atoms with E-state index >= 15 is 0 Å². The molecule has 0 atom stereocenters. The van der Waals surface area contributed by atoms with Gasteiger partial charge in [0.1, 0.15) is 23.7 Å². The van der Waals surface area contributed by atoms with Crippen molar-refractivity contribution in [3.8, 4) is 11.3 Å². The molecule has 0 aliphatic heterocycles. The number of carbonyl (C=O) groups excluding carboxylic acids is 1. The molecular weight excluding hydrogens is 307 g/mol. The summed E-state index contributed by atoms with van der Waals surface area (Å²) in [6.07, 6.45) is 1.36. The van der Waals surface area contributed by atoms with Gasteiger partial charge in [0.25, 0.3) is 0 Å². The van der Waals surface area contributed by atoms with Gasteiger partial charge in [0.05, 0.1) is 12.2 Å². The topological polar surface area (TPSA) is 85.6 Å². The van der Waals surface area contributed by atoms with Gasteiger partial charge < -0.3 is 5.32 Å². The molecule has 0 aliphatic carbocycles. The highest BCUT2D eigenvalue weighted by Crippen LogP contribution is 2.24. The number of hydrogen-bond donors (Lipinski definition) is 1. The smallest absolute Gasteiger partial charge is 0.242 e. The summed E-state index contributed by atoms with van der Waals surface area (Å²) in [7, 11) is 0. The Kier molecular flexibility index (Phi) is 4.15. The summed E-state index contributed by atoms with van der Waals surface area (Å²) >= 11 is 1.36. The van der Waals surface area contributed by atoms with Gasteiger partial charge >= 0.3 is 0 Å². The van der Waals surface area contributed by atoms with Crippen LogP contribution in [-0.4, -0.2) is 31.1 Å². The van der Waals surface area contributed by atoms with Crippen molar-refractivity contribution in [1.82, 2.24) is 30.5 Å². The maximum atomic E-state index is 13.7. The minimum absolute atomic E-state index is 0.0402. The Morgan fingerprint density at radius 3 is 3.00 bits per heavy atom. The second-order valence-electron chi connectivity index (χ2n) is 4.39. The molecule has 1 aromatic carbocycles. The lowest BCUT2D eigenvalue weighted by Crippen LogP contribution is -2.27. The highest BCUT2D eigenvalue weighted by molar-refractivity contribution is 7.09. The van der Waals surface area contributed by atoms with Crippen molar-refractivity contribution in [2.75, 3.05) is 0 Å². The first-order valence-corrected chi connectivity index (χ1v) is 7.27. The van der Waals surface area contributed by atoms with Crippen LogP contribution in [0.5, 0.6) is 0 Å². The Bertz CT molecular complexity index is 772. The van der Waals surface area contributed by atoms with E-state index in [1.807, 2.05) is 0 Å². The molecule has 2 aromatic heterocycles. The molecule has 9 heteroatoms. The average Bonchev–Trinajstić information content (AvgIpc) is 3.17. The minimum Gasteiger partial charge on any atom is -0.348 e. The number of benzene rings is 1. The molecule has 1 N–H and O–H groups in total. The fraction of sp³-hybridized carbons (Fsp3) is 0.154. The quantitative estimate of drug-likeness (QED) is 0.765. The third-order valence-electron chi connectivity index (χ3n) is 2.84. The lowest BCUT2D eigenvalue weighted by molar-refractivity contribution is -0.122. The van der Waals surface area contributed by atoms with Crippen molar-refractivity contribution >= 4 is 17.2 Å². The van der Waals surface area contributed by atoms with Crippen LogP contribution in [-0.2, 0) is 17.9 Å². The van der Waals surface area contributed by atoms with Gasteiger partial charge in [0.15, 0.2) is 0 Å². The van der Waals surface area contributed by atoms with E-state index in [-0.39, 0.29) is 24.8 Å². The highest BCUT2D eigenvalue weighted by Gasteiger charge is 2.10. The number of thiazole rings is 1. The second kappa shape index (κ2) is 6.39. The van der Waals surface area contributed by atoms with Crippen molar-refractivity contribution in [3.63, 3.8) is 0 Å². The second-order valence-corrected chi connectivity index (χ2v) is 5.33. The van der Waals surface area contributed by atoms with E-state index in [2.05, 4.69) is 25.8 Å². The number of carbonyl (C=O) groups is 1. The van der Waals surface area contributed by atoms with Gasteiger partial charge in [-0.2, -0.15) is 0 Å². The predicted molar refractivity (Wildman–Crippen MR) is 77.2 cm³/mol. The van der Waals surface area contributed by atoms with Crippen LogP contribution in [0, 0.1) is 5.82 Å². The maximum absolute atomic E-state index is 13.7. The summed E-state index contributed by atoms with van der Waals surface area (Å²) in [5.74, 6) is -0.544. The summed E-state index contributed by atoms with van der Waals surface area (Å²) in [6, 6.07) is 6.45. The van der Waals surface area contributed by atoms with Crippen LogP contribution in [0.1, 0.15) is 5.01 Å². The molecule has 7 nitrogen and oxygen atoms in total. The molecule has 0 unspecified atom stereocenters. The molecule has 0 radical (unpaired) electrons. The van der Waals surface area contributed by atoms with E-state index in [9.17, 15) is 9.18 Å². The third kappa shape index (κ3) is 3.31. The van der Waals surface area contributed by atoms with E-state index in [1.165, 1.54) is 28.4 Å². The molecule has 0 saturated carbocycles. The number of nitrogens with one attached hydrogen (secondary N) is 1. The number of nitrogens with zero attached hydrogens (tertiary/aromatic N) is 5. The molecule has 0 spiro atoms. The fourth-order valence-electron chi connectivity index (χ4n) is 1.81. The molecule has 1 amide bonds. The Hall–Kier alpha value is -2.68. The van der Waals surface area contributed by atoms with Gasteiger partial charge in [-0.15, -0.1) is 16.4 Å². The van der Waals surface area contributed by atoms with Gasteiger partial charge in [-0.25, -0.2) is 14.1 Å². The molecule has 3 aromatic rings. The standard InChI is InChI=1S/C13H11FN6OS/c14-10-4-2-1-3-9(10)11-7-22-13(17-11)5-15-12(21)6-20-8-16-18-19-20/h1-4,7-8H,5-6H2,(H,15,21). The van der Waals surface area contributed by atoms with Crippen molar-refractivity contribution in [3.05, 3.63) is 46.8 Å². The van der Waals surface area contributed by atoms with E-state index in [4.69, 9.17) is 0 Å². The van der Waals surface area contributed by atoms with Crippen molar-refractivity contribution < 1.29 is 9.18 Å². The molecule has 0 bridgehead atoms. The zero-order valence-corrected chi connectivity index (χ0v) is 12.1. The first-order chi connectivity index (χ1) is 10.7. The van der Waals surface area contributed by atoms with E-state index in [1.54, 1.807) is 23.6 Å². The summed E-state index contributed by atoms with van der Waals surface area (Å²) in [5, 5.41) is 15.7. The van der Waals surface area contributed by atoms with Crippen molar-refractivity contribution in [1.29, 1.82) is 0 Å². The van der Waals surface area contributed by atoms with E-state index < -0.39 is 0 Å². The number of halogens is 1. The summed E-state index contributed by atoms with van der Waals surface area (Å²) in [4.78, 5) is 16.0. The number of tetrazole rings is 1. The zero-order chi connectivity index (χ0) is 15.4. The molecule has 112 valence electrons. The monoisotopic (exact) mass is 318 g/mol.